The number of rotatable bonds is 5. The van der Waals surface area contributed by atoms with Crippen LogP contribution in [0, 0.1) is 0 Å². The molecule has 26 heavy (non-hydrogen) atoms. The van der Waals surface area contributed by atoms with E-state index in [1.165, 1.54) is 16.9 Å². The largest absolute Gasteiger partial charge is 0.343 e. The molecule has 4 rings (SSSR count). The summed E-state index contributed by atoms with van der Waals surface area (Å²) >= 11 is 1.47. The van der Waals surface area contributed by atoms with Crippen LogP contribution in [0.15, 0.2) is 54.0 Å². The zero-order valence-corrected chi connectivity index (χ0v) is 15.0. The van der Waals surface area contributed by atoms with Gasteiger partial charge in [0.2, 0.25) is 0 Å². The highest BCUT2D eigenvalue weighted by Crippen LogP contribution is 2.24. The van der Waals surface area contributed by atoms with E-state index in [0.29, 0.717) is 18.1 Å². The molecule has 3 heterocycles. The molecule has 0 atom stereocenters. The van der Waals surface area contributed by atoms with Crippen LogP contribution in [-0.2, 0) is 13.0 Å². The van der Waals surface area contributed by atoms with Crippen molar-refractivity contribution in [3.8, 4) is 10.6 Å². The monoisotopic (exact) mass is 363 g/mol. The minimum absolute atomic E-state index is 0.217. The van der Waals surface area contributed by atoms with E-state index in [4.69, 9.17) is 0 Å². The molecule has 0 radical (unpaired) electrons. The van der Waals surface area contributed by atoms with Crippen molar-refractivity contribution in [3.05, 3.63) is 71.1 Å². The molecule has 0 saturated heterocycles. The number of benzene rings is 1. The van der Waals surface area contributed by atoms with Gasteiger partial charge in [0.1, 0.15) is 10.7 Å². The molecule has 1 aromatic carbocycles. The lowest BCUT2D eigenvalue weighted by atomic mass is 10.1. The molecular weight excluding hydrogens is 346 g/mol. The van der Waals surface area contributed by atoms with Crippen LogP contribution in [0.25, 0.3) is 16.2 Å². The number of carbonyl (C=O) groups is 1. The Bertz CT molecular complexity index is 1050. The number of carbonyl (C=O) groups excluding carboxylic acids is 1. The minimum Gasteiger partial charge on any atom is -0.343 e. The number of aryl methyl sites for hydroxylation is 1. The summed E-state index contributed by atoms with van der Waals surface area (Å²) in [5.41, 5.74) is 3.47. The number of aromatic nitrogens is 4. The summed E-state index contributed by atoms with van der Waals surface area (Å²) < 4.78 is 1.85. The van der Waals surface area contributed by atoms with Gasteiger partial charge in [-0.05, 0) is 24.1 Å². The van der Waals surface area contributed by atoms with Gasteiger partial charge in [0.25, 0.3) is 5.91 Å². The van der Waals surface area contributed by atoms with Gasteiger partial charge in [-0.2, -0.15) is 0 Å². The number of hydrogen-bond acceptors (Lipinski definition) is 5. The Kier molecular flexibility index (Phi) is 4.45. The molecule has 7 heteroatoms. The van der Waals surface area contributed by atoms with Crippen LogP contribution in [0.1, 0.15) is 28.8 Å². The molecule has 0 fully saturated rings. The molecule has 130 valence electrons. The van der Waals surface area contributed by atoms with Gasteiger partial charge in [-0.3, -0.25) is 9.20 Å². The van der Waals surface area contributed by atoms with Crippen LogP contribution in [0.5, 0.6) is 0 Å². The van der Waals surface area contributed by atoms with Crippen LogP contribution in [0.3, 0.4) is 0 Å². The summed E-state index contributed by atoms with van der Waals surface area (Å²) in [5, 5.41) is 13.7. The molecule has 0 aliphatic rings. The number of fused-ring (bicyclic) bond motifs is 1. The van der Waals surface area contributed by atoms with E-state index in [-0.39, 0.29) is 5.91 Å². The third kappa shape index (κ3) is 3.21. The number of pyridine rings is 1. The summed E-state index contributed by atoms with van der Waals surface area (Å²) in [6.07, 6.45) is 2.88. The third-order valence-electron chi connectivity index (χ3n) is 4.14. The van der Waals surface area contributed by atoms with Gasteiger partial charge in [-0.15, -0.1) is 21.5 Å². The maximum atomic E-state index is 12.4. The van der Waals surface area contributed by atoms with Crippen LogP contribution in [0.2, 0.25) is 0 Å². The summed E-state index contributed by atoms with van der Waals surface area (Å²) in [6, 6.07) is 13.9. The van der Waals surface area contributed by atoms with Gasteiger partial charge in [0, 0.05) is 17.1 Å². The molecule has 0 unspecified atom stereocenters. The Hall–Kier alpha value is -3.06. The molecule has 0 spiro atoms. The molecule has 0 aliphatic carbocycles. The zero-order valence-electron chi connectivity index (χ0n) is 14.2. The second kappa shape index (κ2) is 7.05. The molecule has 3 aromatic heterocycles. The SMILES string of the molecule is CCc1ccc(-c2nc(C(=O)NCc3nnc4ccccn34)cs2)cc1. The fourth-order valence-corrected chi connectivity index (χ4v) is 3.46. The fourth-order valence-electron chi connectivity index (χ4n) is 2.66. The Morgan fingerprint density at radius 1 is 1.15 bits per heavy atom. The molecule has 4 aromatic rings. The first-order chi connectivity index (χ1) is 12.7. The average Bonchev–Trinajstić information content (AvgIpc) is 3.34. The fraction of sp³-hybridized carbons (Fsp3) is 0.158. The number of nitrogens with one attached hydrogen (secondary N) is 1. The van der Waals surface area contributed by atoms with Gasteiger partial charge >= 0.3 is 0 Å². The van der Waals surface area contributed by atoms with Crippen molar-refractivity contribution < 1.29 is 4.79 Å². The zero-order chi connectivity index (χ0) is 17.9. The quantitative estimate of drug-likeness (QED) is 0.590. The standard InChI is InChI=1S/C19H17N5OS/c1-2-13-6-8-14(9-7-13)19-21-15(12-26-19)18(25)20-11-17-23-22-16-5-3-4-10-24(16)17/h3-10,12H,2,11H2,1H3,(H,20,25). The topological polar surface area (TPSA) is 72.2 Å². The highest BCUT2D eigenvalue weighted by molar-refractivity contribution is 7.13. The average molecular weight is 363 g/mol. The van der Waals surface area contributed by atoms with Crippen molar-refractivity contribution in [1.82, 2.24) is 24.9 Å². The number of thiazole rings is 1. The Labute approximate surface area is 154 Å². The van der Waals surface area contributed by atoms with Crippen LogP contribution in [0.4, 0.5) is 0 Å². The smallest absolute Gasteiger partial charge is 0.271 e. The predicted molar refractivity (Wildman–Crippen MR) is 101 cm³/mol. The lowest BCUT2D eigenvalue weighted by molar-refractivity contribution is 0.0945. The second-order valence-electron chi connectivity index (χ2n) is 5.82. The van der Waals surface area contributed by atoms with Crippen LogP contribution < -0.4 is 5.32 Å². The minimum atomic E-state index is -0.217. The van der Waals surface area contributed by atoms with E-state index in [1.807, 2.05) is 40.9 Å². The van der Waals surface area contributed by atoms with Crippen molar-refractivity contribution in [2.75, 3.05) is 0 Å². The van der Waals surface area contributed by atoms with Gasteiger partial charge in [0.05, 0.1) is 6.54 Å². The molecule has 1 amide bonds. The first-order valence-corrected chi connectivity index (χ1v) is 9.24. The van der Waals surface area contributed by atoms with E-state index < -0.39 is 0 Å². The summed E-state index contributed by atoms with van der Waals surface area (Å²) in [5.74, 6) is 0.463. The second-order valence-corrected chi connectivity index (χ2v) is 6.67. The number of hydrogen-bond donors (Lipinski definition) is 1. The molecule has 0 bridgehead atoms. The van der Waals surface area contributed by atoms with E-state index in [2.05, 4.69) is 39.6 Å². The van der Waals surface area contributed by atoms with Crippen molar-refractivity contribution in [2.24, 2.45) is 0 Å². The van der Waals surface area contributed by atoms with Crippen molar-refractivity contribution in [3.63, 3.8) is 0 Å². The van der Waals surface area contributed by atoms with E-state index >= 15 is 0 Å². The Balaban J connectivity index is 1.46. The van der Waals surface area contributed by atoms with Crippen molar-refractivity contribution >= 4 is 22.9 Å². The lowest BCUT2D eigenvalue weighted by Crippen LogP contribution is -2.24. The first kappa shape index (κ1) is 16.4. The maximum Gasteiger partial charge on any atom is 0.271 e. The third-order valence-corrected chi connectivity index (χ3v) is 5.03. The van der Waals surface area contributed by atoms with Crippen LogP contribution >= 0.6 is 11.3 Å². The number of nitrogens with zero attached hydrogens (tertiary/aromatic N) is 4. The Morgan fingerprint density at radius 2 is 2.00 bits per heavy atom. The molecule has 1 N–H and O–H groups in total. The van der Waals surface area contributed by atoms with Gasteiger partial charge in [-0.1, -0.05) is 37.3 Å². The Morgan fingerprint density at radius 3 is 2.81 bits per heavy atom. The summed E-state index contributed by atoms with van der Waals surface area (Å²) in [7, 11) is 0. The van der Waals surface area contributed by atoms with Crippen LogP contribution in [-0.4, -0.2) is 25.5 Å². The van der Waals surface area contributed by atoms with Crippen molar-refractivity contribution in [2.45, 2.75) is 19.9 Å². The first-order valence-electron chi connectivity index (χ1n) is 8.36. The maximum absolute atomic E-state index is 12.4. The number of amides is 1. The predicted octanol–water partition coefficient (Wildman–Crippen LogP) is 3.35. The highest BCUT2D eigenvalue weighted by Gasteiger charge is 2.13. The summed E-state index contributed by atoms with van der Waals surface area (Å²) in [4.78, 5) is 16.9. The van der Waals surface area contributed by atoms with E-state index in [9.17, 15) is 4.79 Å². The lowest BCUT2D eigenvalue weighted by Gasteiger charge is -2.02. The molecule has 0 saturated carbocycles. The van der Waals surface area contributed by atoms with Gasteiger partial charge in [-0.25, -0.2) is 4.98 Å². The molecular formula is C19H17N5OS. The molecule has 0 aliphatic heterocycles. The van der Waals surface area contributed by atoms with Crippen molar-refractivity contribution in [1.29, 1.82) is 0 Å². The molecule has 6 nitrogen and oxygen atoms in total. The summed E-state index contributed by atoms with van der Waals surface area (Å²) in [6.45, 7) is 2.42. The van der Waals surface area contributed by atoms with E-state index in [1.54, 1.807) is 5.38 Å². The highest BCUT2D eigenvalue weighted by atomic mass is 32.1. The normalized spacial score (nSPS) is 11.0. The van der Waals surface area contributed by atoms with E-state index in [0.717, 1.165) is 22.6 Å². The van der Waals surface area contributed by atoms with Gasteiger partial charge in [0.15, 0.2) is 11.5 Å². The van der Waals surface area contributed by atoms with Gasteiger partial charge < -0.3 is 5.32 Å².